The normalized spacial score (nSPS) is 13.4. The second-order valence-corrected chi connectivity index (χ2v) is 3.07. The van der Waals surface area contributed by atoms with Gasteiger partial charge in [-0.3, -0.25) is 0 Å². The maximum absolute atomic E-state index is 11.9. The molecule has 0 aliphatic heterocycles. The van der Waals surface area contributed by atoms with Crippen LogP contribution in [0.5, 0.6) is 0 Å². The molecule has 0 fully saturated rings. The third-order valence-electron chi connectivity index (χ3n) is 1.79. The topological polar surface area (TPSA) is 69.2 Å². The Morgan fingerprint density at radius 3 is 2.69 bits per heavy atom. The molecule has 0 amide bonds. The average molecular weight is 234 g/mol. The van der Waals surface area contributed by atoms with Crippen LogP contribution in [0.15, 0.2) is 16.5 Å². The number of alkyl halides is 3. The molecule has 2 N–H and O–H groups in total. The van der Waals surface area contributed by atoms with Gasteiger partial charge < -0.3 is 14.8 Å². The van der Waals surface area contributed by atoms with E-state index in [1.54, 1.807) is 6.07 Å². The molecule has 1 heterocycles. The van der Waals surface area contributed by atoms with E-state index in [0.717, 1.165) is 0 Å². The van der Waals surface area contributed by atoms with Crippen molar-refractivity contribution in [2.24, 2.45) is 0 Å². The minimum atomic E-state index is -4.63. The lowest BCUT2D eigenvalue weighted by Gasteiger charge is -2.14. The first kappa shape index (κ1) is 12.5. The lowest BCUT2D eigenvalue weighted by atomic mass is 10.3. The highest BCUT2D eigenvalue weighted by Gasteiger charge is 2.37. The molecule has 1 rings (SSSR count). The smallest absolute Gasteiger partial charge is 0.415 e. The Hall–Kier alpha value is -1.52. The van der Waals surface area contributed by atoms with Gasteiger partial charge in [0.15, 0.2) is 6.10 Å². The van der Waals surface area contributed by atoms with Crippen molar-refractivity contribution in [1.82, 2.24) is 5.32 Å². The summed E-state index contributed by atoms with van der Waals surface area (Å²) in [6.45, 7) is -0.596. The maximum atomic E-state index is 11.9. The Kier molecular flexibility index (Phi) is 3.93. The highest BCUT2D eigenvalue weighted by atomic mass is 19.4. The van der Waals surface area contributed by atoms with E-state index in [2.05, 4.69) is 5.32 Å². The largest absolute Gasteiger partial charge is 0.449 e. The van der Waals surface area contributed by atoms with Crippen molar-refractivity contribution < 1.29 is 22.7 Å². The van der Waals surface area contributed by atoms with Crippen LogP contribution in [0.1, 0.15) is 11.5 Å². The highest BCUT2D eigenvalue weighted by Crippen LogP contribution is 2.19. The van der Waals surface area contributed by atoms with Crippen LogP contribution in [-0.4, -0.2) is 23.9 Å². The summed E-state index contributed by atoms with van der Waals surface area (Å²) in [5.41, 5.74) is 0. The number of hydrogen-bond donors (Lipinski definition) is 2. The zero-order valence-electron chi connectivity index (χ0n) is 8.08. The molecule has 0 saturated carbocycles. The van der Waals surface area contributed by atoms with Crippen molar-refractivity contribution in [1.29, 1.82) is 5.26 Å². The first-order chi connectivity index (χ1) is 7.43. The lowest BCUT2D eigenvalue weighted by molar-refractivity contribution is -0.201. The Labute approximate surface area is 89.3 Å². The Balaban J connectivity index is 2.34. The van der Waals surface area contributed by atoms with E-state index in [1.165, 1.54) is 12.1 Å². The van der Waals surface area contributed by atoms with Crippen molar-refractivity contribution in [3.8, 4) is 6.07 Å². The van der Waals surface area contributed by atoms with Crippen LogP contribution in [0.25, 0.3) is 0 Å². The summed E-state index contributed by atoms with van der Waals surface area (Å²) in [4.78, 5) is 0. The van der Waals surface area contributed by atoms with Gasteiger partial charge in [0.05, 0.1) is 6.54 Å². The summed E-state index contributed by atoms with van der Waals surface area (Å²) in [7, 11) is 0. The summed E-state index contributed by atoms with van der Waals surface area (Å²) in [6, 6.07) is 4.64. The number of aliphatic hydroxyl groups excluding tert-OH is 1. The van der Waals surface area contributed by atoms with Crippen molar-refractivity contribution in [3.63, 3.8) is 0 Å². The molecule has 1 unspecified atom stereocenters. The van der Waals surface area contributed by atoms with Crippen LogP contribution in [0, 0.1) is 11.3 Å². The van der Waals surface area contributed by atoms with Gasteiger partial charge in [-0.2, -0.15) is 18.4 Å². The SMILES string of the molecule is N#Cc1ccc(CNCC(O)C(F)(F)F)o1. The first-order valence-corrected chi connectivity index (χ1v) is 4.38. The molecule has 0 bridgehead atoms. The van der Waals surface area contributed by atoms with E-state index in [1.807, 2.05) is 0 Å². The monoisotopic (exact) mass is 234 g/mol. The molecule has 0 radical (unpaired) electrons. The number of nitriles is 1. The van der Waals surface area contributed by atoms with Crippen LogP contribution in [0.2, 0.25) is 0 Å². The molecular weight excluding hydrogens is 225 g/mol. The summed E-state index contributed by atoms with van der Waals surface area (Å²) in [5.74, 6) is 0.430. The Morgan fingerprint density at radius 1 is 1.50 bits per heavy atom. The predicted octanol–water partition coefficient (Wildman–Crippen LogP) is 1.16. The average Bonchev–Trinajstić information content (AvgIpc) is 2.64. The second-order valence-electron chi connectivity index (χ2n) is 3.07. The number of nitrogens with one attached hydrogen (secondary N) is 1. The summed E-state index contributed by atoms with van der Waals surface area (Å²) < 4.78 is 40.5. The van der Waals surface area contributed by atoms with E-state index in [4.69, 9.17) is 14.8 Å². The van der Waals surface area contributed by atoms with E-state index in [0.29, 0.717) is 5.76 Å². The number of nitrogens with zero attached hydrogens (tertiary/aromatic N) is 1. The number of rotatable bonds is 4. The number of furan rings is 1. The standard InChI is InChI=1S/C9H9F3N2O2/c10-9(11,12)8(15)5-14-4-7-2-1-6(3-13)16-7/h1-2,8,14-15H,4-5H2. The number of aliphatic hydroxyl groups is 1. The van der Waals surface area contributed by atoms with Crippen molar-refractivity contribution in [2.75, 3.05) is 6.54 Å². The van der Waals surface area contributed by atoms with E-state index in [-0.39, 0.29) is 12.3 Å². The summed E-state index contributed by atoms with van der Waals surface area (Å²) in [6.07, 6.45) is -7.04. The molecular formula is C9H9F3N2O2. The van der Waals surface area contributed by atoms with Gasteiger partial charge in [0.2, 0.25) is 5.76 Å². The quantitative estimate of drug-likeness (QED) is 0.820. The van der Waals surface area contributed by atoms with Crippen LogP contribution >= 0.6 is 0 Å². The van der Waals surface area contributed by atoms with Gasteiger partial charge in [-0.1, -0.05) is 0 Å². The molecule has 0 aromatic carbocycles. The fourth-order valence-corrected chi connectivity index (χ4v) is 0.981. The minimum absolute atomic E-state index is 0.0226. The zero-order valence-corrected chi connectivity index (χ0v) is 8.08. The summed E-state index contributed by atoms with van der Waals surface area (Å²) in [5, 5.41) is 19.4. The van der Waals surface area contributed by atoms with Gasteiger partial charge in [-0.25, -0.2) is 0 Å². The van der Waals surface area contributed by atoms with Gasteiger partial charge in [-0.15, -0.1) is 0 Å². The van der Waals surface area contributed by atoms with E-state index >= 15 is 0 Å². The molecule has 0 aliphatic rings. The van der Waals surface area contributed by atoms with Crippen LogP contribution in [0.3, 0.4) is 0 Å². The highest BCUT2D eigenvalue weighted by molar-refractivity contribution is 5.18. The molecule has 1 aromatic rings. The zero-order chi connectivity index (χ0) is 12.2. The molecule has 0 saturated heterocycles. The molecule has 1 aromatic heterocycles. The molecule has 16 heavy (non-hydrogen) atoms. The van der Waals surface area contributed by atoms with Crippen molar-refractivity contribution in [2.45, 2.75) is 18.8 Å². The third-order valence-corrected chi connectivity index (χ3v) is 1.79. The summed E-state index contributed by atoms with van der Waals surface area (Å²) >= 11 is 0. The predicted molar refractivity (Wildman–Crippen MR) is 47.2 cm³/mol. The fraction of sp³-hybridized carbons (Fsp3) is 0.444. The Morgan fingerprint density at radius 2 is 2.19 bits per heavy atom. The Bertz CT molecular complexity index is 381. The third kappa shape index (κ3) is 3.56. The first-order valence-electron chi connectivity index (χ1n) is 4.38. The van der Waals surface area contributed by atoms with Crippen LogP contribution < -0.4 is 5.32 Å². The number of hydrogen-bond acceptors (Lipinski definition) is 4. The van der Waals surface area contributed by atoms with Crippen molar-refractivity contribution >= 4 is 0 Å². The van der Waals surface area contributed by atoms with E-state index in [9.17, 15) is 13.2 Å². The molecule has 88 valence electrons. The van der Waals surface area contributed by atoms with Gasteiger partial charge >= 0.3 is 6.18 Å². The molecule has 4 nitrogen and oxygen atoms in total. The van der Waals surface area contributed by atoms with Crippen LogP contribution in [0.4, 0.5) is 13.2 Å². The number of halogens is 3. The minimum Gasteiger partial charge on any atom is -0.449 e. The maximum Gasteiger partial charge on any atom is 0.415 e. The van der Waals surface area contributed by atoms with Crippen LogP contribution in [-0.2, 0) is 6.54 Å². The molecule has 7 heteroatoms. The van der Waals surface area contributed by atoms with Gasteiger partial charge in [0.25, 0.3) is 0 Å². The van der Waals surface area contributed by atoms with Gasteiger partial charge in [0, 0.05) is 6.54 Å². The van der Waals surface area contributed by atoms with Gasteiger partial charge in [-0.05, 0) is 12.1 Å². The molecule has 1 atom stereocenters. The van der Waals surface area contributed by atoms with Crippen molar-refractivity contribution in [3.05, 3.63) is 23.7 Å². The molecule has 0 spiro atoms. The fourth-order valence-electron chi connectivity index (χ4n) is 0.981. The van der Waals surface area contributed by atoms with E-state index < -0.39 is 18.8 Å². The van der Waals surface area contributed by atoms with Gasteiger partial charge in [0.1, 0.15) is 11.8 Å². The second kappa shape index (κ2) is 5.01. The molecule has 0 aliphatic carbocycles. The lowest BCUT2D eigenvalue weighted by Crippen LogP contribution is -2.38.